The number of nitrogens with zero attached hydrogens (tertiary/aromatic N) is 4. The fourth-order valence-electron chi connectivity index (χ4n) is 3.08. The second-order valence-corrected chi connectivity index (χ2v) is 6.51. The van der Waals surface area contributed by atoms with Crippen LogP contribution in [0.1, 0.15) is 22.3 Å². The number of aromatic amines is 1. The number of H-pyrrole nitrogens is 1. The average molecular weight is 379 g/mol. The Morgan fingerprint density at radius 1 is 1.21 bits per heavy atom. The highest BCUT2D eigenvalue weighted by Crippen LogP contribution is 2.29. The van der Waals surface area contributed by atoms with Gasteiger partial charge in [-0.1, -0.05) is 5.16 Å². The Morgan fingerprint density at radius 3 is 2.79 bits per heavy atom. The number of halogens is 1. The molecule has 5 rings (SSSR count). The predicted octanol–water partition coefficient (Wildman–Crippen LogP) is 3.10. The minimum atomic E-state index is -0.321. The van der Waals surface area contributed by atoms with Crippen molar-refractivity contribution < 1.29 is 18.1 Å². The van der Waals surface area contributed by atoms with Crippen LogP contribution in [0.5, 0.6) is 0 Å². The number of amides is 1. The highest BCUT2D eigenvalue weighted by Gasteiger charge is 2.36. The van der Waals surface area contributed by atoms with Crippen LogP contribution < -0.4 is 0 Å². The summed E-state index contributed by atoms with van der Waals surface area (Å²) in [4.78, 5) is 18.6. The molecule has 8 nitrogen and oxygen atoms in total. The molecule has 3 aromatic heterocycles. The number of carbonyl (C=O) groups excluding carboxylic acids is 1. The number of aromatic nitrogens is 4. The van der Waals surface area contributed by atoms with Crippen LogP contribution >= 0.6 is 0 Å². The molecular formula is C19H14FN5O3. The van der Waals surface area contributed by atoms with Crippen LogP contribution in [0.2, 0.25) is 0 Å². The number of hydrogen-bond donors (Lipinski definition) is 1. The lowest BCUT2D eigenvalue weighted by molar-refractivity contribution is 0.0563. The average Bonchev–Trinajstić information content (AvgIpc) is 3.42. The summed E-state index contributed by atoms with van der Waals surface area (Å²) in [5.41, 5.74) is 1.69. The Bertz CT molecular complexity index is 1110. The number of furan rings is 1. The Kier molecular flexibility index (Phi) is 3.78. The standard InChI is InChI=1S/C19H14FN5O3/c20-13-5-3-11(4-6-13)14-8-15(23-22-14)19(26)25-9-12(10-25)18-21-17(24-28-18)16-2-1-7-27-16/h1-8,12H,9-10H2,(H,22,23). The molecule has 1 N–H and O–H groups in total. The maximum absolute atomic E-state index is 13.0. The van der Waals surface area contributed by atoms with E-state index < -0.39 is 0 Å². The summed E-state index contributed by atoms with van der Waals surface area (Å²) >= 11 is 0. The molecule has 0 bridgehead atoms. The quantitative estimate of drug-likeness (QED) is 0.585. The van der Waals surface area contributed by atoms with Gasteiger partial charge in [-0.2, -0.15) is 10.1 Å². The summed E-state index contributed by atoms with van der Waals surface area (Å²) in [6.45, 7) is 0.951. The Labute approximate surface area is 158 Å². The van der Waals surface area contributed by atoms with Gasteiger partial charge >= 0.3 is 0 Å². The van der Waals surface area contributed by atoms with Crippen molar-refractivity contribution in [2.45, 2.75) is 5.92 Å². The van der Waals surface area contributed by atoms with E-state index in [1.54, 1.807) is 41.5 Å². The normalized spacial score (nSPS) is 14.2. The summed E-state index contributed by atoms with van der Waals surface area (Å²) < 4.78 is 23.6. The molecule has 0 unspecified atom stereocenters. The first kappa shape index (κ1) is 16.4. The third kappa shape index (κ3) is 2.86. The Balaban J connectivity index is 1.24. The first-order valence-electron chi connectivity index (χ1n) is 8.65. The minimum Gasteiger partial charge on any atom is -0.461 e. The molecule has 140 valence electrons. The minimum absolute atomic E-state index is 0.0142. The SMILES string of the molecule is O=C(c1cc(-c2ccc(F)cc2)n[nH]1)N1CC(c2nc(-c3ccco3)no2)C1. The molecule has 0 radical (unpaired) electrons. The van der Waals surface area contributed by atoms with E-state index in [1.165, 1.54) is 12.1 Å². The van der Waals surface area contributed by atoms with Crippen molar-refractivity contribution in [2.24, 2.45) is 0 Å². The van der Waals surface area contributed by atoms with Gasteiger partial charge in [0.2, 0.25) is 11.7 Å². The number of likely N-dealkylation sites (tertiary alicyclic amines) is 1. The van der Waals surface area contributed by atoms with E-state index in [-0.39, 0.29) is 17.6 Å². The topological polar surface area (TPSA) is 101 Å². The van der Waals surface area contributed by atoms with Gasteiger partial charge in [-0.3, -0.25) is 9.89 Å². The molecule has 4 aromatic rings. The smallest absolute Gasteiger partial charge is 0.271 e. The van der Waals surface area contributed by atoms with Crippen molar-refractivity contribution in [3.63, 3.8) is 0 Å². The molecule has 1 aliphatic heterocycles. The van der Waals surface area contributed by atoms with E-state index in [1.807, 2.05) is 0 Å². The number of hydrogen-bond acceptors (Lipinski definition) is 6. The van der Waals surface area contributed by atoms with Crippen LogP contribution in [-0.2, 0) is 0 Å². The zero-order valence-corrected chi connectivity index (χ0v) is 14.5. The summed E-state index contributed by atoms with van der Waals surface area (Å²) in [5, 5.41) is 10.8. The lowest BCUT2D eigenvalue weighted by Gasteiger charge is -2.36. The van der Waals surface area contributed by atoms with Crippen LogP contribution in [0.4, 0.5) is 4.39 Å². The van der Waals surface area contributed by atoms with E-state index >= 15 is 0 Å². The number of benzene rings is 1. The van der Waals surface area contributed by atoms with Gasteiger partial charge in [0.25, 0.3) is 5.91 Å². The van der Waals surface area contributed by atoms with Crippen LogP contribution in [0.25, 0.3) is 22.8 Å². The largest absolute Gasteiger partial charge is 0.461 e. The maximum atomic E-state index is 13.0. The molecule has 9 heteroatoms. The third-order valence-electron chi connectivity index (χ3n) is 4.65. The number of carbonyl (C=O) groups is 1. The van der Waals surface area contributed by atoms with Crippen LogP contribution in [-0.4, -0.2) is 44.2 Å². The zero-order chi connectivity index (χ0) is 19.1. The van der Waals surface area contributed by atoms with Gasteiger partial charge in [-0.25, -0.2) is 4.39 Å². The first-order valence-corrected chi connectivity index (χ1v) is 8.65. The molecule has 1 amide bonds. The lowest BCUT2D eigenvalue weighted by Crippen LogP contribution is -2.48. The van der Waals surface area contributed by atoms with E-state index in [0.29, 0.717) is 42.0 Å². The summed E-state index contributed by atoms with van der Waals surface area (Å²) in [7, 11) is 0. The van der Waals surface area contributed by atoms with E-state index in [9.17, 15) is 9.18 Å². The van der Waals surface area contributed by atoms with Gasteiger partial charge in [0.15, 0.2) is 5.76 Å². The van der Waals surface area contributed by atoms with Crippen molar-refractivity contribution >= 4 is 5.91 Å². The summed E-state index contributed by atoms with van der Waals surface area (Å²) in [5.74, 6) is 0.906. The van der Waals surface area contributed by atoms with Crippen molar-refractivity contribution in [3.05, 3.63) is 66.1 Å². The Morgan fingerprint density at radius 2 is 2.04 bits per heavy atom. The molecule has 0 atom stereocenters. The molecule has 28 heavy (non-hydrogen) atoms. The molecule has 0 aliphatic carbocycles. The van der Waals surface area contributed by atoms with Crippen LogP contribution in [0.15, 0.2) is 57.7 Å². The van der Waals surface area contributed by atoms with Gasteiger partial charge in [-0.15, -0.1) is 0 Å². The fraction of sp³-hybridized carbons (Fsp3) is 0.158. The molecular weight excluding hydrogens is 365 g/mol. The van der Waals surface area contributed by atoms with Crippen molar-refractivity contribution in [1.29, 1.82) is 0 Å². The second kappa shape index (κ2) is 6.45. The van der Waals surface area contributed by atoms with Gasteiger partial charge in [0.05, 0.1) is 17.9 Å². The molecule has 1 aliphatic rings. The zero-order valence-electron chi connectivity index (χ0n) is 14.5. The summed E-state index contributed by atoms with van der Waals surface area (Å²) in [6, 6.07) is 11.1. The molecule has 0 saturated carbocycles. The lowest BCUT2D eigenvalue weighted by atomic mass is 9.99. The molecule has 1 saturated heterocycles. The van der Waals surface area contributed by atoms with Crippen LogP contribution in [0.3, 0.4) is 0 Å². The second-order valence-electron chi connectivity index (χ2n) is 6.51. The highest BCUT2D eigenvalue weighted by molar-refractivity contribution is 5.94. The monoisotopic (exact) mass is 379 g/mol. The van der Waals surface area contributed by atoms with Crippen molar-refractivity contribution in [2.75, 3.05) is 13.1 Å². The maximum Gasteiger partial charge on any atom is 0.271 e. The third-order valence-corrected chi connectivity index (χ3v) is 4.65. The van der Waals surface area contributed by atoms with E-state index in [0.717, 1.165) is 5.56 Å². The molecule has 1 fully saturated rings. The fourth-order valence-corrected chi connectivity index (χ4v) is 3.08. The van der Waals surface area contributed by atoms with E-state index in [4.69, 9.17) is 8.94 Å². The van der Waals surface area contributed by atoms with Gasteiger partial charge in [0.1, 0.15) is 11.5 Å². The van der Waals surface area contributed by atoms with Gasteiger partial charge in [0, 0.05) is 18.7 Å². The number of rotatable bonds is 4. The molecule has 4 heterocycles. The van der Waals surface area contributed by atoms with E-state index in [2.05, 4.69) is 20.3 Å². The number of nitrogens with one attached hydrogen (secondary N) is 1. The van der Waals surface area contributed by atoms with Crippen LogP contribution in [0, 0.1) is 5.82 Å². The van der Waals surface area contributed by atoms with Crippen molar-refractivity contribution in [1.82, 2.24) is 25.2 Å². The predicted molar refractivity (Wildman–Crippen MR) is 94.6 cm³/mol. The molecule has 0 spiro atoms. The highest BCUT2D eigenvalue weighted by atomic mass is 19.1. The first-order chi connectivity index (χ1) is 13.7. The summed E-state index contributed by atoms with van der Waals surface area (Å²) in [6.07, 6.45) is 1.54. The molecule has 1 aromatic carbocycles. The van der Waals surface area contributed by atoms with Crippen molar-refractivity contribution in [3.8, 4) is 22.8 Å². The van der Waals surface area contributed by atoms with Gasteiger partial charge in [-0.05, 0) is 42.5 Å². The van der Waals surface area contributed by atoms with Gasteiger partial charge < -0.3 is 13.8 Å². The Hall–Kier alpha value is -3.75.